The fourth-order valence-corrected chi connectivity index (χ4v) is 2.39. The van der Waals surface area contributed by atoms with Gasteiger partial charge in [-0.2, -0.15) is 9.97 Å². The molecule has 0 saturated carbocycles. The number of rotatable bonds is 3. The molecular weight excluding hydrogens is 268 g/mol. The molecule has 0 spiro atoms. The van der Waals surface area contributed by atoms with Crippen LogP contribution in [0.25, 0.3) is 0 Å². The van der Waals surface area contributed by atoms with E-state index in [0.717, 1.165) is 37.8 Å². The van der Waals surface area contributed by atoms with Gasteiger partial charge in [-0.25, -0.2) is 10.8 Å². The van der Waals surface area contributed by atoms with Gasteiger partial charge < -0.3 is 21.0 Å². The van der Waals surface area contributed by atoms with Gasteiger partial charge >= 0.3 is 0 Å². The number of piperazine rings is 1. The van der Waals surface area contributed by atoms with Gasteiger partial charge in [0.25, 0.3) is 0 Å². The fraction of sp³-hybridized carbons (Fsp3) is 0.308. The van der Waals surface area contributed by atoms with Gasteiger partial charge in [-0.1, -0.05) is 6.07 Å². The Morgan fingerprint density at radius 1 is 1.00 bits per heavy atom. The van der Waals surface area contributed by atoms with E-state index in [9.17, 15) is 0 Å². The van der Waals surface area contributed by atoms with E-state index in [-0.39, 0.29) is 5.95 Å². The monoisotopic (exact) mass is 286 g/mol. The van der Waals surface area contributed by atoms with Crippen molar-refractivity contribution in [1.29, 1.82) is 0 Å². The molecule has 21 heavy (non-hydrogen) atoms. The Balaban J connectivity index is 1.70. The first-order chi connectivity index (χ1) is 10.3. The number of anilines is 4. The summed E-state index contributed by atoms with van der Waals surface area (Å²) >= 11 is 0. The Morgan fingerprint density at radius 3 is 2.33 bits per heavy atom. The molecule has 2 aromatic rings. The molecule has 0 unspecified atom stereocenters. The molecule has 0 radical (unpaired) electrons. The minimum atomic E-state index is 0.215. The summed E-state index contributed by atoms with van der Waals surface area (Å²) < 4.78 is 0. The van der Waals surface area contributed by atoms with Gasteiger partial charge in [-0.3, -0.25) is 0 Å². The quantitative estimate of drug-likeness (QED) is 0.537. The Kier molecular flexibility index (Phi) is 3.69. The first-order valence-electron chi connectivity index (χ1n) is 6.78. The van der Waals surface area contributed by atoms with Crippen LogP contribution < -0.4 is 26.8 Å². The lowest BCUT2D eigenvalue weighted by Crippen LogP contribution is -2.47. The van der Waals surface area contributed by atoms with E-state index >= 15 is 0 Å². The molecule has 0 bridgehead atoms. The Bertz CT molecular complexity index is 594. The molecule has 0 amide bonds. The molecule has 1 fully saturated rings. The maximum absolute atomic E-state index is 5.70. The van der Waals surface area contributed by atoms with Crippen molar-refractivity contribution < 1.29 is 0 Å². The van der Waals surface area contributed by atoms with Crippen molar-refractivity contribution in [2.45, 2.75) is 0 Å². The van der Waals surface area contributed by atoms with E-state index in [1.165, 1.54) is 0 Å². The second-order valence-electron chi connectivity index (χ2n) is 4.78. The zero-order chi connectivity index (χ0) is 14.7. The lowest BCUT2D eigenvalue weighted by Gasteiger charge is -2.36. The highest BCUT2D eigenvalue weighted by Crippen LogP contribution is 2.20. The van der Waals surface area contributed by atoms with Crippen LogP contribution in [0, 0.1) is 0 Å². The lowest BCUT2D eigenvalue weighted by atomic mass is 10.3. The second kappa shape index (κ2) is 5.80. The minimum Gasteiger partial charge on any atom is -0.368 e. The first kappa shape index (κ1) is 13.4. The summed E-state index contributed by atoms with van der Waals surface area (Å²) in [7, 11) is 0. The molecule has 3 heterocycles. The molecule has 1 saturated heterocycles. The fourth-order valence-electron chi connectivity index (χ4n) is 2.39. The van der Waals surface area contributed by atoms with E-state index in [1.807, 2.05) is 24.4 Å². The van der Waals surface area contributed by atoms with E-state index in [2.05, 4.69) is 30.2 Å². The third-order valence-electron chi connectivity index (χ3n) is 3.45. The van der Waals surface area contributed by atoms with Crippen molar-refractivity contribution in [3.8, 4) is 0 Å². The van der Waals surface area contributed by atoms with Crippen LogP contribution in [0.15, 0.2) is 30.5 Å². The molecule has 8 nitrogen and oxygen atoms in total. The van der Waals surface area contributed by atoms with E-state index in [4.69, 9.17) is 11.6 Å². The molecular formula is C13H18N8. The smallest absolute Gasteiger partial charge is 0.223 e. The van der Waals surface area contributed by atoms with Crippen molar-refractivity contribution >= 4 is 23.4 Å². The average molecular weight is 286 g/mol. The Labute approximate surface area is 122 Å². The van der Waals surface area contributed by atoms with Crippen molar-refractivity contribution in [2.75, 3.05) is 47.1 Å². The van der Waals surface area contributed by atoms with Crippen LogP contribution in [-0.4, -0.2) is 41.1 Å². The number of nitrogens with zero attached hydrogens (tertiary/aromatic N) is 5. The van der Waals surface area contributed by atoms with Crippen LogP contribution in [0.2, 0.25) is 0 Å². The maximum atomic E-state index is 5.70. The predicted molar refractivity (Wildman–Crippen MR) is 82.9 cm³/mol. The number of hydrogen-bond acceptors (Lipinski definition) is 8. The minimum absolute atomic E-state index is 0.215. The van der Waals surface area contributed by atoms with Crippen LogP contribution in [0.4, 0.5) is 23.4 Å². The predicted octanol–water partition coefficient (Wildman–Crippen LogP) is 0.0660. The SMILES string of the molecule is NNc1cc(N2CCN(c3ccccn3)CC2)nc(N)n1. The molecule has 1 aliphatic rings. The summed E-state index contributed by atoms with van der Waals surface area (Å²) in [5.74, 6) is 7.91. The van der Waals surface area contributed by atoms with Crippen LogP contribution in [-0.2, 0) is 0 Å². The summed E-state index contributed by atoms with van der Waals surface area (Å²) in [4.78, 5) is 17.1. The van der Waals surface area contributed by atoms with Crippen LogP contribution in [0.1, 0.15) is 0 Å². The Morgan fingerprint density at radius 2 is 1.71 bits per heavy atom. The number of hydrogen-bond donors (Lipinski definition) is 3. The van der Waals surface area contributed by atoms with Gasteiger partial charge in [0.2, 0.25) is 5.95 Å². The van der Waals surface area contributed by atoms with Crippen molar-refractivity contribution in [3.05, 3.63) is 30.5 Å². The number of nitrogen functional groups attached to an aromatic ring is 2. The standard InChI is InChI=1S/C13H18N8/c14-13-17-10(19-15)9-12(18-13)21-7-5-20(6-8-21)11-3-1-2-4-16-11/h1-4,9H,5-8,15H2,(H3,14,17,18,19). The zero-order valence-corrected chi connectivity index (χ0v) is 11.6. The third kappa shape index (κ3) is 2.95. The summed E-state index contributed by atoms with van der Waals surface area (Å²) in [6.45, 7) is 3.45. The molecule has 0 aromatic carbocycles. The van der Waals surface area contributed by atoms with E-state index < -0.39 is 0 Å². The van der Waals surface area contributed by atoms with Crippen LogP contribution in [0.3, 0.4) is 0 Å². The topological polar surface area (TPSA) is 109 Å². The number of aromatic nitrogens is 3. The summed E-state index contributed by atoms with van der Waals surface area (Å²) in [5.41, 5.74) is 8.20. The highest BCUT2D eigenvalue weighted by molar-refractivity contribution is 5.53. The van der Waals surface area contributed by atoms with E-state index in [1.54, 1.807) is 6.07 Å². The molecule has 2 aromatic heterocycles. The summed E-state index contributed by atoms with van der Waals surface area (Å²) in [5, 5.41) is 0. The van der Waals surface area contributed by atoms with Crippen molar-refractivity contribution in [1.82, 2.24) is 15.0 Å². The van der Waals surface area contributed by atoms with Crippen LogP contribution >= 0.6 is 0 Å². The first-order valence-corrected chi connectivity index (χ1v) is 6.78. The summed E-state index contributed by atoms with van der Waals surface area (Å²) in [6.07, 6.45) is 1.81. The van der Waals surface area contributed by atoms with Crippen LogP contribution in [0.5, 0.6) is 0 Å². The lowest BCUT2D eigenvalue weighted by molar-refractivity contribution is 0.641. The summed E-state index contributed by atoms with van der Waals surface area (Å²) in [6, 6.07) is 7.74. The van der Waals surface area contributed by atoms with Crippen molar-refractivity contribution in [3.63, 3.8) is 0 Å². The van der Waals surface area contributed by atoms with E-state index in [0.29, 0.717) is 5.82 Å². The molecule has 0 aliphatic carbocycles. The third-order valence-corrected chi connectivity index (χ3v) is 3.45. The molecule has 0 atom stereocenters. The van der Waals surface area contributed by atoms with Gasteiger partial charge in [0.15, 0.2) is 0 Å². The van der Waals surface area contributed by atoms with Gasteiger partial charge in [0.1, 0.15) is 17.5 Å². The van der Waals surface area contributed by atoms with Gasteiger partial charge in [-0.15, -0.1) is 0 Å². The Hall–Kier alpha value is -2.61. The molecule has 3 rings (SSSR count). The number of nitrogens with two attached hydrogens (primary N) is 2. The van der Waals surface area contributed by atoms with Crippen molar-refractivity contribution in [2.24, 2.45) is 5.84 Å². The molecule has 1 aliphatic heterocycles. The number of nitrogens with one attached hydrogen (secondary N) is 1. The highest BCUT2D eigenvalue weighted by atomic mass is 15.3. The number of hydrazine groups is 1. The second-order valence-corrected chi connectivity index (χ2v) is 4.78. The number of pyridine rings is 1. The molecule has 110 valence electrons. The van der Waals surface area contributed by atoms with Gasteiger partial charge in [0, 0.05) is 38.4 Å². The molecule has 8 heteroatoms. The maximum Gasteiger partial charge on any atom is 0.223 e. The average Bonchev–Trinajstić information content (AvgIpc) is 2.55. The highest BCUT2D eigenvalue weighted by Gasteiger charge is 2.19. The molecule has 5 N–H and O–H groups in total. The van der Waals surface area contributed by atoms with Gasteiger partial charge in [0.05, 0.1) is 0 Å². The largest absolute Gasteiger partial charge is 0.368 e. The zero-order valence-electron chi connectivity index (χ0n) is 11.6. The van der Waals surface area contributed by atoms with Gasteiger partial charge in [-0.05, 0) is 12.1 Å². The normalized spacial score (nSPS) is 15.1.